The number of unbranched alkanes of at least 4 members (excludes halogenated alkanes) is 5. The molecule has 16 nitrogen and oxygen atoms in total. The molecular formula is C34H53N3O13. The zero-order chi connectivity index (χ0) is 36.8. The van der Waals surface area contributed by atoms with Gasteiger partial charge in [0.15, 0.2) is 5.78 Å². The highest BCUT2D eigenvalue weighted by molar-refractivity contribution is 5.87. The lowest BCUT2D eigenvalue weighted by atomic mass is 10.1. The van der Waals surface area contributed by atoms with Crippen LogP contribution < -0.4 is 20.7 Å². The highest BCUT2D eigenvalue weighted by Gasteiger charge is 2.20. The maximum Gasteiger partial charge on any atom is 0.335 e. The summed E-state index contributed by atoms with van der Waals surface area (Å²) in [6.07, 6.45) is 5.22. The number of carboxylic acid groups (broad SMARTS) is 2. The zero-order valence-electron chi connectivity index (χ0n) is 28.9. The highest BCUT2D eigenvalue weighted by atomic mass is 16.5. The van der Waals surface area contributed by atoms with Gasteiger partial charge >= 0.3 is 11.9 Å². The first-order valence-corrected chi connectivity index (χ1v) is 16.9. The van der Waals surface area contributed by atoms with Gasteiger partial charge in [-0.25, -0.2) is 9.59 Å². The van der Waals surface area contributed by atoms with E-state index in [9.17, 15) is 33.9 Å². The van der Waals surface area contributed by atoms with E-state index < -0.39 is 18.0 Å². The van der Waals surface area contributed by atoms with Gasteiger partial charge in [0.2, 0.25) is 17.7 Å². The van der Waals surface area contributed by atoms with Crippen LogP contribution in [0.2, 0.25) is 0 Å². The predicted octanol–water partition coefficient (Wildman–Crippen LogP) is 1.73. The Morgan fingerprint density at radius 2 is 1.18 bits per heavy atom. The van der Waals surface area contributed by atoms with Crippen molar-refractivity contribution in [2.75, 3.05) is 72.6 Å². The molecule has 0 aromatic heterocycles. The fraction of sp³-hybridized carbons (Fsp3) is 0.647. The number of hydrogen-bond acceptors (Lipinski definition) is 11. The smallest absolute Gasteiger partial charge is 0.335 e. The van der Waals surface area contributed by atoms with Crippen molar-refractivity contribution in [1.29, 1.82) is 0 Å². The Morgan fingerprint density at radius 3 is 1.78 bits per heavy atom. The number of aromatic carboxylic acids is 1. The number of rotatable bonds is 32. The maximum absolute atomic E-state index is 12.3. The van der Waals surface area contributed by atoms with Gasteiger partial charge < -0.3 is 49.8 Å². The first-order valence-electron chi connectivity index (χ1n) is 16.9. The van der Waals surface area contributed by atoms with Crippen LogP contribution in [0.4, 0.5) is 0 Å². The molecule has 0 saturated heterocycles. The molecule has 0 radical (unpaired) electrons. The van der Waals surface area contributed by atoms with Crippen LogP contribution in [-0.4, -0.2) is 124 Å². The van der Waals surface area contributed by atoms with Crippen LogP contribution in [0.5, 0.6) is 5.75 Å². The molecule has 50 heavy (non-hydrogen) atoms. The van der Waals surface area contributed by atoms with Gasteiger partial charge in [-0.3, -0.25) is 19.2 Å². The Balaban J connectivity index is 1.98. The van der Waals surface area contributed by atoms with Crippen LogP contribution in [0.25, 0.3) is 0 Å². The van der Waals surface area contributed by atoms with Gasteiger partial charge in [0.25, 0.3) is 0 Å². The van der Waals surface area contributed by atoms with Crippen molar-refractivity contribution in [3.63, 3.8) is 0 Å². The Morgan fingerprint density at radius 1 is 0.620 bits per heavy atom. The number of Topliss-reactive ketones (excluding diaryl/α,β-unsaturated/α-hetero) is 1. The summed E-state index contributed by atoms with van der Waals surface area (Å²) in [6, 6.07) is 5.09. The second kappa shape index (κ2) is 28.7. The number of carbonyl (C=O) groups is 6. The third-order valence-corrected chi connectivity index (χ3v) is 6.88. The van der Waals surface area contributed by atoms with Crippen LogP contribution in [0.3, 0.4) is 0 Å². The van der Waals surface area contributed by atoms with Crippen LogP contribution in [0.15, 0.2) is 24.3 Å². The number of aliphatic carboxylic acids is 1. The summed E-state index contributed by atoms with van der Waals surface area (Å²) in [4.78, 5) is 69.3. The number of nitrogens with one attached hydrogen (secondary N) is 3. The van der Waals surface area contributed by atoms with Gasteiger partial charge in [-0.2, -0.15) is 0 Å². The van der Waals surface area contributed by atoms with E-state index in [1.165, 1.54) is 19.1 Å². The van der Waals surface area contributed by atoms with Crippen molar-refractivity contribution in [1.82, 2.24) is 16.0 Å². The quantitative estimate of drug-likeness (QED) is 0.0673. The summed E-state index contributed by atoms with van der Waals surface area (Å²) in [6.45, 7) is 3.89. The highest BCUT2D eigenvalue weighted by Crippen LogP contribution is 2.14. The van der Waals surface area contributed by atoms with Gasteiger partial charge in [0.05, 0.1) is 51.8 Å². The normalized spacial score (nSPS) is 11.4. The number of carboxylic acids is 2. The molecule has 0 bridgehead atoms. The number of benzene rings is 1. The number of carbonyl (C=O) groups excluding carboxylic acids is 4. The van der Waals surface area contributed by atoms with Crippen molar-refractivity contribution >= 4 is 35.4 Å². The summed E-state index contributed by atoms with van der Waals surface area (Å²) in [5.74, 6) is -2.66. The topological polar surface area (TPSA) is 225 Å². The molecule has 5 N–H and O–H groups in total. The second-order valence-electron chi connectivity index (χ2n) is 11.3. The molecule has 16 heteroatoms. The third-order valence-electron chi connectivity index (χ3n) is 6.88. The average Bonchev–Trinajstić information content (AvgIpc) is 3.08. The van der Waals surface area contributed by atoms with Gasteiger partial charge in [0.1, 0.15) is 25.0 Å². The molecule has 1 unspecified atom stereocenters. The summed E-state index contributed by atoms with van der Waals surface area (Å²) in [5, 5.41) is 26.1. The summed E-state index contributed by atoms with van der Waals surface area (Å²) in [7, 11) is 0. The lowest BCUT2D eigenvalue weighted by Gasteiger charge is -2.14. The lowest BCUT2D eigenvalue weighted by molar-refractivity contribution is -0.142. The van der Waals surface area contributed by atoms with E-state index in [0.717, 1.165) is 32.1 Å². The maximum atomic E-state index is 12.3. The molecule has 3 amide bonds. The number of ether oxygens (including phenoxy) is 5. The molecule has 1 rings (SSSR count). The van der Waals surface area contributed by atoms with Crippen LogP contribution in [0.1, 0.15) is 75.1 Å². The molecule has 1 atom stereocenters. The zero-order valence-corrected chi connectivity index (χ0v) is 28.9. The molecule has 1 aromatic rings. The minimum Gasteiger partial charge on any atom is -0.494 e. The van der Waals surface area contributed by atoms with Crippen molar-refractivity contribution < 1.29 is 62.7 Å². The van der Waals surface area contributed by atoms with E-state index in [4.69, 9.17) is 28.8 Å². The van der Waals surface area contributed by atoms with E-state index in [1.54, 1.807) is 12.1 Å². The van der Waals surface area contributed by atoms with E-state index in [0.29, 0.717) is 45.1 Å². The summed E-state index contributed by atoms with van der Waals surface area (Å²) < 4.78 is 26.5. The molecule has 0 fully saturated rings. The average molecular weight is 712 g/mol. The standard InChI is InChI=1S/C34H53N3O13/c1-26(38)24-48-22-20-47-19-16-36-32(41)25-49-23-21-46-18-15-35-30(39)14-13-29(34(44)45)37-31(40)8-6-4-2-3-5-7-17-50-28-11-9-27(10-12-28)33(42)43/h9-12,29H,2-8,13-25H2,1H3,(H,35,39)(H,36,41)(H,37,40)(H,42,43)(H,44,45). The Labute approximate surface area is 292 Å². The molecule has 0 aliphatic carbocycles. The third kappa shape index (κ3) is 24.9. The van der Waals surface area contributed by atoms with Crippen molar-refractivity contribution in [3.8, 4) is 5.75 Å². The van der Waals surface area contributed by atoms with Crippen LogP contribution in [0, 0.1) is 0 Å². The van der Waals surface area contributed by atoms with E-state index in [2.05, 4.69) is 16.0 Å². The number of hydrogen-bond donors (Lipinski definition) is 5. The summed E-state index contributed by atoms with van der Waals surface area (Å²) in [5.41, 5.74) is 0.208. The fourth-order valence-corrected chi connectivity index (χ4v) is 4.26. The predicted molar refractivity (Wildman–Crippen MR) is 180 cm³/mol. The van der Waals surface area contributed by atoms with Crippen molar-refractivity contribution in [3.05, 3.63) is 29.8 Å². The Bertz CT molecular complexity index is 1150. The van der Waals surface area contributed by atoms with Crippen LogP contribution in [-0.2, 0) is 42.9 Å². The van der Waals surface area contributed by atoms with Gasteiger partial charge in [0, 0.05) is 25.9 Å². The second-order valence-corrected chi connectivity index (χ2v) is 11.3. The molecule has 0 heterocycles. The SMILES string of the molecule is CC(=O)COCCOCCNC(=O)COCCOCCNC(=O)CCC(NC(=O)CCCCCCCCOc1ccc(C(=O)O)cc1)C(=O)O. The molecule has 0 saturated carbocycles. The van der Waals surface area contributed by atoms with E-state index in [1.807, 2.05) is 0 Å². The Hall–Kier alpha value is -4.12. The fourth-order valence-electron chi connectivity index (χ4n) is 4.26. The number of ketones is 1. The lowest BCUT2D eigenvalue weighted by Crippen LogP contribution is -2.41. The molecule has 282 valence electrons. The molecule has 0 spiro atoms. The Kier molecular flexibility index (Phi) is 25.2. The van der Waals surface area contributed by atoms with Crippen LogP contribution >= 0.6 is 0 Å². The molecule has 0 aliphatic heterocycles. The molecular weight excluding hydrogens is 658 g/mol. The minimum atomic E-state index is -1.20. The first kappa shape index (κ1) is 43.9. The number of amides is 3. The molecule has 1 aromatic carbocycles. The van der Waals surface area contributed by atoms with Gasteiger partial charge in [-0.1, -0.05) is 25.7 Å². The van der Waals surface area contributed by atoms with Crippen molar-refractivity contribution in [2.24, 2.45) is 0 Å². The molecule has 0 aliphatic rings. The monoisotopic (exact) mass is 711 g/mol. The minimum absolute atomic E-state index is 0.0445. The largest absolute Gasteiger partial charge is 0.494 e. The summed E-state index contributed by atoms with van der Waals surface area (Å²) >= 11 is 0. The van der Waals surface area contributed by atoms with Gasteiger partial charge in [-0.15, -0.1) is 0 Å². The van der Waals surface area contributed by atoms with Gasteiger partial charge in [-0.05, 0) is 50.5 Å². The van der Waals surface area contributed by atoms with E-state index in [-0.39, 0.29) is 87.9 Å². The van der Waals surface area contributed by atoms with E-state index >= 15 is 0 Å². The first-order chi connectivity index (χ1) is 24.1. The van der Waals surface area contributed by atoms with Crippen molar-refractivity contribution in [2.45, 2.75) is 70.8 Å².